The molecule has 8 fully saturated rings. The zero-order valence-electron chi connectivity index (χ0n) is 27.8. The predicted molar refractivity (Wildman–Crippen MR) is 189 cm³/mol. The third-order valence-corrected chi connectivity index (χ3v) is 13.7. The number of benzene rings is 2. The van der Waals surface area contributed by atoms with E-state index in [1.165, 1.54) is 86.5 Å². The third kappa shape index (κ3) is 4.52. The fourth-order valence-electron chi connectivity index (χ4n) is 13.4. The Balaban J connectivity index is 1.33. The lowest BCUT2D eigenvalue weighted by Gasteiger charge is -2.71. The second-order valence-electron chi connectivity index (χ2n) is 16.4. The Morgan fingerprint density at radius 3 is 1.00 bits per heavy atom. The minimum absolute atomic E-state index is 0.336. The van der Waals surface area contributed by atoms with Crippen molar-refractivity contribution in [1.82, 2.24) is 0 Å². The molecular weight excluding hydrogens is 528 g/mol. The van der Waals surface area contributed by atoms with Gasteiger partial charge in [0.2, 0.25) is 0 Å². The molecule has 0 amide bonds. The minimum atomic E-state index is 0.336. The van der Waals surface area contributed by atoms with Gasteiger partial charge in [-0.1, -0.05) is 72.9 Å². The van der Waals surface area contributed by atoms with Gasteiger partial charge in [0.05, 0.1) is 0 Å². The number of hydrogen-bond donors (Lipinski definition) is 0. The molecule has 8 saturated carbocycles. The molecule has 2 aromatic rings. The van der Waals surface area contributed by atoms with Gasteiger partial charge in [0.15, 0.2) is 0 Å². The maximum absolute atomic E-state index is 2.65. The largest absolute Gasteiger partial charge is 0.0871 e. The molecule has 0 saturated heterocycles. The van der Waals surface area contributed by atoms with Gasteiger partial charge in [0.1, 0.15) is 0 Å². The summed E-state index contributed by atoms with van der Waals surface area (Å²) in [5.41, 5.74) is 9.69. The lowest BCUT2D eigenvalue weighted by molar-refractivity contribution is -0.163. The molecule has 6 unspecified atom stereocenters. The number of rotatable bonds is 7. The zero-order chi connectivity index (χ0) is 30.1. The Labute approximate surface area is 267 Å². The Bertz CT molecular complexity index is 1320. The van der Waals surface area contributed by atoms with E-state index in [1.54, 1.807) is 11.1 Å². The van der Waals surface area contributed by atoms with E-state index in [4.69, 9.17) is 0 Å². The lowest BCUT2D eigenvalue weighted by atomic mass is 9.33. The van der Waals surface area contributed by atoms with E-state index in [0.29, 0.717) is 10.8 Å². The van der Waals surface area contributed by atoms with E-state index in [1.807, 2.05) is 0 Å². The van der Waals surface area contributed by atoms with E-state index >= 15 is 0 Å². The van der Waals surface area contributed by atoms with Crippen LogP contribution >= 0.6 is 0 Å². The van der Waals surface area contributed by atoms with Crippen LogP contribution < -0.4 is 0 Å². The van der Waals surface area contributed by atoms with Crippen LogP contribution in [0.2, 0.25) is 0 Å². The SMILES string of the molecule is CC=Cc1cc(C=CC)cc(C23CC4CC(CC(C4)C2C2C4CC5CC(C4)CC2(c2cc(C=CC)cc(C=CC)c2)C5)C3)c1. The quantitative estimate of drug-likeness (QED) is 0.305. The van der Waals surface area contributed by atoms with E-state index < -0.39 is 0 Å². The second kappa shape index (κ2) is 11.0. The summed E-state index contributed by atoms with van der Waals surface area (Å²) in [5.74, 6) is 7.19. The molecule has 0 aromatic heterocycles. The third-order valence-electron chi connectivity index (χ3n) is 13.7. The summed E-state index contributed by atoms with van der Waals surface area (Å²) in [5, 5.41) is 0. The average molecular weight is 583 g/mol. The van der Waals surface area contributed by atoms with E-state index in [9.17, 15) is 0 Å². The van der Waals surface area contributed by atoms with Crippen molar-refractivity contribution in [1.29, 1.82) is 0 Å². The van der Waals surface area contributed by atoms with Crippen molar-refractivity contribution in [3.05, 3.63) is 94.1 Å². The topological polar surface area (TPSA) is 0 Å². The molecule has 0 spiro atoms. The summed E-state index contributed by atoms with van der Waals surface area (Å²) in [7, 11) is 0. The summed E-state index contributed by atoms with van der Waals surface area (Å²) in [6, 6.07) is 15.4. The molecule has 8 aliphatic rings. The van der Waals surface area contributed by atoms with Gasteiger partial charge in [-0.2, -0.15) is 0 Å². The Hall–Kier alpha value is -2.60. The molecule has 0 N–H and O–H groups in total. The first-order chi connectivity index (χ1) is 21.5. The number of fused-ring (bicyclic) bond motifs is 1. The van der Waals surface area contributed by atoms with Gasteiger partial charge in [-0.3, -0.25) is 0 Å². The molecule has 230 valence electrons. The summed E-state index contributed by atoms with van der Waals surface area (Å²) < 4.78 is 0. The Kier molecular flexibility index (Phi) is 7.23. The first-order valence-corrected chi connectivity index (χ1v) is 18.3. The van der Waals surface area contributed by atoms with Crippen LogP contribution in [-0.2, 0) is 10.8 Å². The van der Waals surface area contributed by atoms with Crippen molar-refractivity contribution >= 4 is 24.3 Å². The maximum Gasteiger partial charge on any atom is -0.000735 e. The van der Waals surface area contributed by atoms with Gasteiger partial charge in [-0.15, -0.1) is 0 Å². The van der Waals surface area contributed by atoms with Gasteiger partial charge in [0.25, 0.3) is 0 Å². The van der Waals surface area contributed by atoms with Crippen LogP contribution in [-0.4, -0.2) is 0 Å². The highest BCUT2D eigenvalue weighted by atomic mass is 14.7. The molecule has 0 aliphatic heterocycles. The Morgan fingerprint density at radius 1 is 0.432 bits per heavy atom. The van der Waals surface area contributed by atoms with Crippen molar-refractivity contribution in [2.45, 2.75) is 103 Å². The smallest absolute Gasteiger partial charge is 0.000735 e. The van der Waals surface area contributed by atoms with Gasteiger partial charge in [0, 0.05) is 0 Å². The van der Waals surface area contributed by atoms with Crippen LogP contribution in [0.5, 0.6) is 0 Å². The predicted octanol–water partition coefficient (Wildman–Crippen LogP) is 11.9. The standard InChI is InChI=1S/C44H54/c1-5-9-29-13-30(10-6-2)22-39(21-29)43-25-33-15-34(26-43)18-37(17-33)41(43)42-38-19-35-16-36(20-38)28-44(42,27-35)40-23-31(11-7-3)14-32(24-40)12-8-4/h5-14,21-24,33-38,41-42H,15-20,25-28H2,1-4H3. The zero-order valence-corrected chi connectivity index (χ0v) is 27.8. The van der Waals surface area contributed by atoms with Gasteiger partial charge >= 0.3 is 0 Å². The van der Waals surface area contributed by atoms with Gasteiger partial charge < -0.3 is 0 Å². The van der Waals surface area contributed by atoms with Crippen LogP contribution in [0, 0.1) is 47.3 Å². The highest BCUT2D eigenvalue weighted by Gasteiger charge is 2.67. The maximum atomic E-state index is 2.65. The summed E-state index contributed by atoms with van der Waals surface area (Å²) >= 11 is 0. The Morgan fingerprint density at radius 2 is 0.727 bits per heavy atom. The molecule has 0 nitrogen and oxygen atoms in total. The highest BCUT2D eigenvalue weighted by Crippen LogP contribution is 2.73. The van der Waals surface area contributed by atoms with Crippen LogP contribution in [0.25, 0.3) is 24.3 Å². The summed E-state index contributed by atoms with van der Waals surface area (Å²) in [6.45, 7) is 8.71. The molecular formula is C44H54. The van der Waals surface area contributed by atoms with E-state index in [0.717, 1.165) is 47.3 Å². The van der Waals surface area contributed by atoms with Crippen molar-refractivity contribution < 1.29 is 0 Å². The lowest BCUT2D eigenvalue weighted by Crippen LogP contribution is -2.65. The van der Waals surface area contributed by atoms with Crippen LogP contribution in [0.15, 0.2) is 60.7 Å². The molecule has 8 aliphatic carbocycles. The molecule has 0 heteroatoms. The fraction of sp³-hybridized carbons (Fsp3) is 0.545. The second-order valence-corrected chi connectivity index (χ2v) is 16.4. The molecule has 0 heterocycles. The molecule has 6 atom stereocenters. The first kappa shape index (κ1) is 28.8. The molecule has 2 aromatic carbocycles. The number of hydrogen-bond acceptors (Lipinski definition) is 0. The fourth-order valence-corrected chi connectivity index (χ4v) is 13.4. The monoisotopic (exact) mass is 582 g/mol. The van der Waals surface area contributed by atoms with E-state index in [2.05, 4.69) is 113 Å². The normalized spacial score (nSPS) is 40.5. The highest BCUT2D eigenvalue weighted by molar-refractivity contribution is 5.62. The van der Waals surface area contributed by atoms with Crippen LogP contribution in [0.4, 0.5) is 0 Å². The molecule has 10 rings (SSSR count). The van der Waals surface area contributed by atoms with Gasteiger partial charge in [-0.25, -0.2) is 0 Å². The van der Waals surface area contributed by atoms with Crippen molar-refractivity contribution in [2.24, 2.45) is 47.3 Å². The summed E-state index contributed by atoms with van der Waals surface area (Å²) in [6.07, 6.45) is 33.2. The summed E-state index contributed by atoms with van der Waals surface area (Å²) in [4.78, 5) is 0. The van der Waals surface area contributed by atoms with Crippen molar-refractivity contribution in [3.8, 4) is 0 Å². The van der Waals surface area contributed by atoms with E-state index in [-0.39, 0.29) is 0 Å². The van der Waals surface area contributed by atoms with Crippen LogP contribution in [0.3, 0.4) is 0 Å². The van der Waals surface area contributed by atoms with Crippen molar-refractivity contribution in [3.63, 3.8) is 0 Å². The van der Waals surface area contributed by atoms with Crippen molar-refractivity contribution in [2.75, 3.05) is 0 Å². The molecule has 44 heavy (non-hydrogen) atoms. The number of allylic oxidation sites excluding steroid dienone is 4. The average Bonchev–Trinajstić information content (AvgIpc) is 2.98. The molecule has 8 bridgehead atoms. The first-order valence-electron chi connectivity index (χ1n) is 18.3. The molecule has 0 radical (unpaired) electrons. The van der Waals surface area contributed by atoms with Crippen LogP contribution in [0.1, 0.15) is 125 Å². The minimum Gasteiger partial charge on any atom is -0.0871 e. The van der Waals surface area contributed by atoms with Gasteiger partial charge in [-0.05, 0) is 196 Å².